The minimum absolute atomic E-state index is 0. The van der Waals surface area contributed by atoms with Gasteiger partial charge in [-0.1, -0.05) is 37.0 Å². The zero-order valence-electron chi connectivity index (χ0n) is 15.1. The van der Waals surface area contributed by atoms with Crippen LogP contribution in [0.4, 0.5) is 14.5 Å². The summed E-state index contributed by atoms with van der Waals surface area (Å²) in [4.78, 5) is 14.8. The molecule has 0 spiro atoms. The molecule has 1 amide bonds. The van der Waals surface area contributed by atoms with Crippen molar-refractivity contribution in [2.24, 2.45) is 0 Å². The van der Waals surface area contributed by atoms with Crippen molar-refractivity contribution in [3.63, 3.8) is 0 Å². The van der Waals surface area contributed by atoms with Gasteiger partial charge in [-0.15, -0.1) is 18.2 Å². The van der Waals surface area contributed by atoms with E-state index in [1.807, 2.05) is 26.0 Å². The fraction of sp³-hybridized carbons (Fsp3) is 0.381. The maximum atomic E-state index is 14.4. The van der Waals surface area contributed by atoms with Gasteiger partial charge >= 0.3 is 0 Å². The van der Waals surface area contributed by atoms with Crippen LogP contribution in [0.5, 0.6) is 0 Å². The van der Waals surface area contributed by atoms with Gasteiger partial charge in [0.25, 0.3) is 0 Å². The Kier molecular flexibility index (Phi) is 7.13. The van der Waals surface area contributed by atoms with Gasteiger partial charge in [-0.2, -0.15) is 0 Å². The molecule has 0 N–H and O–H groups in total. The predicted octanol–water partition coefficient (Wildman–Crippen LogP) is 5.36. The number of anilines is 1. The van der Waals surface area contributed by atoms with Crippen LogP contribution in [-0.4, -0.2) is 11.9 Å². The van der Waals surface area contributed by atoms with Crippen molar-refractivity contribution < 1.29 is 35.3 Å². The summed E-state index contributed by atoms with van der Waals surface area (Å²) in [6.45, 7) is 3.85. The third-order valence-corrected chi connectivity index (χ3v) is 4.87. The molecule has 2 nitrogen and oxygen atoms in total. The molecule has 1 aliphatic rings. The zero-order valence-corrected chi connectivity index (χ0v) is 16.7. The standard InChI is InChI=1S/C21H22F2NO.Ti/c1-14-8-10-18(15(2)12-14)21(25)24(17-6-4-3-5-7-17)20-11-9-16(22)13-19(20)23;/h8-12,17H,3-7H2,1-2H3;/q-1;. The minimum atomic E-state index is -0.816. The first-order valence-electron chi connectivity index (χ1n) is 8.75. The van der Waals surface area contributed by atoms with Crippen LogP contribution in [0.3, 0.4) is 0 Å². The molecule has 0 saturated heterocycles. The Morgan fingerprint density at radius 1 is 1.08 bits per heavy atom. The van der Waals surface area contributed by atoms with Crippen LogP contribution in [0.1, 0.15) is 53.6 Å². The zero-order chi connectivity index (χ0) is 18.0. The van der Waals surface area contributed by atoms with Crippen molar-refractivity contribution >= 4 is 11.6 Å². The number of carbonyl (C=O) groups is 1. The van der Waals surface area contributed by atoms with E-state index in [1.54, 1.807) is 6.07 Å². The summed E-state index contributed by atoms with van der Waals surface area (Å²) >= 11 is 0. The van der Waals surface area contributed by atoms with Crippen molar-refractivity contribution in [2.75, 3.05) is 4.90 Å². The second kappa shape index (κ2) is 8.92. The SMILES string of the molecule is Cc1ccc(C(=O)N(c2ccc(F)[c-]c2F)C2CCCCC2)c(C)c1.[Ti]. The third kappa shape index (κ3) is 4.41. The summed E-state index contributed by atoms with van der Waals surface area (Å²) in [7, 11) is 0. The number of carbonyl (C=O) groups excluding carboxylic acids is 1. The van der Waals surface area contributed by atoms with Crippen molar-refractivity contribution in [2.45, 2.75) is 52.0 Å². The fourth-order valence-electron chi connectivity index (χ4n) is 3.62. The molecule has 0 heterocycles. The van der Waals surface area contributed by atoms with Crippen LogP contribution in [0.2, 0.25) is 0 Å². The summed E-state index contributed by atoms with van der Waals surface area (Å²) in [5.41, 5.74) is 2.59. The van der Waals surface area contributed by atoms with E-state index >= 15 is 0 Å². The smallest absolute Gasteiger partial charge is 0.247 e. The molecular weight excluding hydrogens is 368 g/mol. The predicted molar refractivity (Wildman–Crippen MR) is 94.8 cm³/mol. The average Bonchev–Trinajstić information content (AvgIpc) is 2.58. The maximum Gasteiger partial charge on any atom is 0.247 e. The number of halogens is 2. The number of hydrogen-bond donors (Lipinski definition) is 0. The Bertz CT molecular complexity index is 788. The van der Waals surface area contributed by atoms with Gasteiger partial charge in [0, 0.05) is 45.0 Å². The van der Waals surface area contributed by atoms with Crippen molar-refractivity contribution in [1.82, 2.24) is 0 Å². The molecule has 0 unspecified atom stereocenters. The molecular formula is C21H22F2NOTi-. The monoisotopic (exact) mass is 390 g/mol. The number of benzene rings is 2. The van der Waals surface area contributed by atoms with Crippen molar-refractivity contribution in [1.29, 1.82) is 0 Å². The first-order valence-corrected chi connectivity index (χ1v) is 8.75. The summed E-state index contributed by atoms with van der Waals surface area (Å²) < 4.78 is 27.7. The third-order valence-electron chi connectivity index (χ3n) is 4.87. The van der Waals surface area contributed by atoms with E-state index in [-0.39, 0.29) is 39.4 Å². The Morgan fingerprint density at radius 3 is 2.38 bits per heavy atom. The fourth-order valence-corrected chi connectivity index (χ4v) is 3.62. The molecule has 2 aromatic rings. The summed E-state index contributed by atoms with van der Waals surface area (Å²) in [6, 6.07) is 10.1. The van der Waals surface area contributed by atoms with Gasteiger partial charge in [-0.3, -0.25) is 4.79 Å². The molecule has 1 aliphatic carbocycles. The summed E-state index contributed by atoms with van der Waals surface area (Å²) in [5, 5.41) is 0. The van der Waals surface area contributed by atoms with Crippen LogP contribution < -0.4 is 4.90 Å². The molecule has 1 fully saturated rings. The van der Waals surface area contributed by atoms with Crippen LogP contribution in [0.25, 0.3) is 0 Å². The Hall–Kier alpha value is -1.52. The normalized spacial score (nSPS) is 14.6. The molecule has 0 atom stereocenters. The van der Waals surface area contributed by atoms with Gasteiger partial charge in [-0.05, 0) is 44.0 Å². The van der Waals surface area contributed by atoms with E-state index in [9.17, 15) is 13.6 Å². The topological polar surface area (TPSA) is 20.3 Å². The molecule has 0 aliphatic heterocycles. The van der Waals surface area contributed by atoms with E-state index in [2.05, 4.69) is 6.07 Å². The van der Waals surface area contributed by atoms with E-state index in [4.69, 9.17) is 0 Å². The second-order valence-electron chi connectivity index (χ2n) is 6.79. The van der Waals surface area contributed by atoms with E-state index in [0.717, 1.165) is 49.3 Å². The van der Waals surface area contributed by atoms with Gasteiger partial charge in [0.05, 0.1) is 0 Å². The van der Waals surface area contributed by atoms with Gasteiger partial charge in [0.2, 0.25) is 5.91 Å². The number of hydrogen-bond acceptors (Lipinski definition) is 1. The van der Waals surface area contributed by atoms with Crippen LogP contribution >= 0.6 is 0 Å². The first kappa shape index (κ1) is 20.8. The van der Waals surface area contributed by atoms with Crippen molar-refractivity contribution in [3.8, 4) is 0 Å². The Morgan fingerprint density at radius 2 is 1.77 bits per heavy atom. The molecule has 5 heteroatoms. The molecule has 1 saturated carbocycles. The summed E-state index contributed by atoms with van der Waals surface area (Å²) in [6.07, 6.45) is 4.79. The largest absolute Gasteiger partial charge is 0.357 e. The molecule has 0 aromatic heterocycles. The number of aryl methyl sites for hydroxylation is 2. The molecule has 0 radical (unpaired) electrons. The quantitative estimate of drug-likeness (QED) is 0.511. The number of nitrogens with zero attached hydrogens (tertiary/aromatic N) is 1. The molecule has 3 rings (SSSR count). The molecule has 136 valence electrons. The molecule has 26 heavy (non-hydrogen) atoms. The van der Waals surface area contributed by atoms with Crippen molar-refractivity contribution in [3.05, 3.63) is 64.7 Å². The van der Waals surface area contributed by atoms with E-state index in [0.29, 0.717) is 5.56 Å². The molecule has 2 aromatic carbocycles. The van der Waals surface area contributed by atoms with Gasteiger partial charge in [0.1, 0.15) is 0 Å². The minimum Gasteiger partial charge on any atom is -0.357 e. The second-order valence-corrected chi connectivity index (χ2v) is 6.79. The van der Waals surface area contributed by atoms with Crippen LogP contribution in [-0.2, 0) is 21.7 Å². The number of rotatable bonds is 3. The average molecular weight is 390 g/mol. The Balaban J connectivity index is 0.00000243. The van der Waals surface area contributed by atoms with E-state index < -0.39 is 11.6 Å². The van der Waals surface area contributed by atoms with E-state index in [1.165, 1.54) is 11.0 Å². The van der Waals surface area contributed by atoms with Gasteiger partial charge in [0.15, 0.2) is 0 Å². The maximum absolute atomic E-state index is 14.4. The van der Waals surface area contributed by atoms with Crippen LogP contribution in [0, 0.1) is 31.5 Å². The van der Waals surface area contributed by atoms with Gasteiger partial charge < -0.3 is 4.90 Å². The van der Waals surface area contributed by atoms with Gasteiger partial charge in [-0.25, -0.2) is 8.78 Å². The Labute approximate surface area is 168 Å². The first-order chi connectivity index (χ1) is 12.0. The molecule has 0 bridgehead atoms. The van der Waals surface area contributed by atoms with Crippen LogP contribution in [0.15, 0.2) is 30.3 Å². The summed E-state index contributed by atoms with van der Waals surface area (Å²) in [5.74, 6) is -1.81. The number of amides is 1.